The highest BCUT2D eigenvalue weighted by atomic mass is 16.2. The van der Waals surface area contributed by atoms with Gasteiger partial charge in [-0.05, 0) is 50.6 Å². The van der Waals surface area contributed by atoms with Crippen LogP contribution in [0.3, 0.4) is 0 Å². The summed E-state index contributed by atoms with van der Waals surface area (Å²) in [7, 11) is 2.09. The maximum absolute atomic E-state index is 12.4. The van der Waals surface area contributed by atoms with Gasteiger partial charge in [0.05, 0.1) is 5.69 Å². The van der Waals surface area contributed by atoms with E-state index < -0.39 is 0 Å². The molecule has 3 heterocycles. The molecule has 0 aliphatic carbocycles. The van der Waals surface area contributed by atoms with Gasteiger partial charge in [0.1, 0.15) is 0 Å². The van der Waals surface area contributed by atoms with Crippen LogP contribution in [-0.4, -0.2) is 63.5 Å². The van der Waals surface area contributed by atoms with E-state index in [9.17, 15) is 4.79 Å². The minimum atomic E-state index is 0.0907. The van der Waals surface area contributed by atoms with Crippen LogP contribution in [-0.2, 0) is 17.6 Å². The average molecular weight is 418 g/mol. The van der Waals surface area contributed by atoms with E-state index in [2.05, 4.69) is 56.1 Å². The van der Waals surface area contributed by atoms with Gasteiger partial charge in [0.15, 0.2) is 5.65 Å². The number of hydrogen-bond donors (Lipinski definition) is 0. The molecule has 0 bridgehead atoms. The van der Waals surface area contributed by atoms with Gasteiger partial charge in [-0.15, -0.1) is 0 Å². The lowest BCUT2D eigenvalue weighted by Crippen LogP contribution is -2.46. The smallest absolute Gasteiger partial charge is 0.246 e. The van der Waals surface area contributed by atoms with Gasteiger partial charge in [-0.3, -0.25) is 4.79 Å². The Kier molecular flexibility index (Phi) is 6.18. The third kappa shape index (κ3) is 4.69. The van der Waals surface area contributed by atoms with Crippen molar-refractivity contribution in [2.75, 3.05) is 33.2 Å². The fourth-order valence-corrected chi connectivity index (χ4v) is 4.12. The van der Waals surface area contributed by atoms with Crippen LogP contribution in [0.2, 0.25) is 0 Å². The lowest BCUT2D eigenvalue weighted by Gasteiger charge is -2.31. The normalized spacial score (nSPS) is 15.3. The van der Waals surface area contributed by atoms with Crippen molar-refractivity contribution in [3.8, 4) is 0 Å². The Bertz CT molecular complexity index is 1110. The van der Waals surface area contributed by atoms with E-state index in [1.807, 2.05) is 22.4 Å². The number of nitrogens with zero attached hydrogens (tertiary/aromatic N) is 5. The Morgan fingerprint density at radius 2 is 1.81 bits per heavy atom. The molecule has 2 aromatic heterocycles. The van der Waals surface area contributed by atoms with Gasteiger partial charge in [-0.25, -0.2) is 9.50 Å². The summed E-state index contributed by atoms with van der Waals surface area (Å²) in [4.78, 5) is 21.3. The number of hydrogen-bond acceptors (Lipinski definition) is 4. The molecule has 1 aliphatic rings. The number of carbonyl (C=O) groups excluding carboxylic acids is 1. The summed E-state index contributed by atoms with van der Waals surface area (Å²) in [6.07, 6.45) is 5.28. The average Bonchev–Trinajstić information content (AvgIpc) is 3.11. The van der Waals surface area contributed by atoms with Crippen molar-refractivity contribution in [3.05, 3.63) is 70.2 Å². The number of fused-ring (bicyclic) bond motifs is 1. The maximum Gasteiger partial charge on any atom is 0.246 e. The van der Waals surface area contributed by atoms with Gasteiger partial charge < -0.3 is 9.80 Å². The van der Waals surface area contributed by atoms with E-state index >= 15 is 0 Å². The summed E-state index contributed by atoms with van der Waals surface area (Å²) in [5, 5.41) is 4.78. The van der Waals surface area contributed by atoms with Crippen LogP contribution in [0.4, 0.5) is 0 Å². The first-order valence-corrected chi connectivity index (χ1v) is 11.0. The van der Waals surface area contributed by atoms with E-state index in [0.29, 0.717) is 0 Å². The van der Waals surface area contributed by atoms with Crippen molar-refractivity contribution >= 4 is 17.6 Å². The number of aryl methyl sites for hydroxylation is 3. The van der Waals surface area contributed by atoms with Crippen molar-refractivity contribution in [1.82, 2.24) is 24.4 Å². The van der Waals surface area contributed by atoms with E-state index in [1.165, 1.54) is 11.1 Å². The van der Waals surface area contributed by atoms with Gasteiger partial charge in [0, 0.05) is 55.6 Å². The Morgan fingerprint density at radius 1 is 1.10 bits per heavy atom. The molecular formula is C25H31N5O. The molecule has 0 N–H and O–H groups in total. The quantitative estimate of drug-likeness (QED) is 0.598. The SMILES string of the molecule is CCc1nn2c(C)cc(C)nc2c1Cc1ccc(/C=C/C(=O)N2CCN(C)CC2)cc1. The number of rotatable bonds is 5. The molecule has 3 aromatic rings. The number of aromatic nitrogens is 3. The summed E-state index contributed by atoms with van der Waals surface area (Å²) >= 11 is 0. The summed E-state index contributed by atoms with van der Waals surface area (Å²) in [6.45, 7) is 9.70. The van der Waals surface area contributed by atoms with Crippen LogP contribution >= 0.6 is 0 Å². The monoisotopic (exact) mass is 417 g/mol. The van der Waals surface area contributed by atoms with E-state index in [-0.39, 0.29) is 5.91 Å². The molecule has 0 saturated carbocycles. The highest BCUT2D eigenvalue weighted by Gasteiger charge is 2.17. The first-order chi connectivity index (χ1) is 14.9. The molecule has 1 aliphatic heterocycles. The van der Waals surface area contributed by atoms with Gasteiger partial charge in [-0.1, -0.05) is 31.2 Å². The molecule has 0 spiro atoms. The van der Waals surface area contributed by atoms with Crippen LogP contribution in [0.1, 0.15) is 40.7 Å². The zero-order chi connectivity index (χ0) is 22.0. The zero-order valence-corrected chi connectivity index (χ0v) is 18.9. The van der Waals surface area contributed by atoms with E-state index in [4.69, 9.17) is 10.1 Å². The second-order valence-corrected chi connectivity index (χ2v) is 8.43. The number of piperazine rings is 1. The highest BCUT2D eigenvalue weighted by molar-refractivity contribution is 5.91. The molecule has 6 nitrogen and oxygen atoms in total. The molecular weight excluding hydrogens is 386 g/mol. The van der Waals surface area contributed by atoms with Crippen LogP contribution < -0.4 is 0 Å². The number of amides is 1. The second kappa shape index (κ2) is 9.02. The van der Waals surface area contributed by atoms with Crippen molar-refractivity contribution in [2.45, 2.75) is 33.6 Å². The summed E-state index contributed by atoms with van der Waals surface area (Å²) in [5.74, 6) is 0.0907. The van der Waals surface area contributed by atoms with E-state index in [0.717, 1.165) is 67.3 Å². The van der Waals surface area contributed by atoms with Crippen molar-refractivity contribution in [2.24, 2.45) is 0 Å². The summed E-state index contributed by atoms with van der Waals surface area (Å²) in [6, 6.07) is 10.5. The van der Waals surface area contributed by atoms with Crippen molar-refractivity contribution in [3.63, 3.8) is 0 Å². The zero-order valence-electron chi connectivity index (χ0n) is 18.9. The Balaban J connectivity index is 1.48. The number of benzene rings is 1. The molecule has 0 radical (unpaired) electrons. The van der Waals surface area contributed by atoms with E-state index in [1.54, 1.807) is 6.08 Å². The Morgan fingerprint density at radius 3 is 2.48 bits per heavy atom. The molecule has 4 rings (SSSR count). The molecule has 0 unspecified atom stereocenters. The lowest BCUT2D eigenvalue weighted by atomic mass is 10.0. The van der Waals surface area contributed by atoms with Crippen LogP contribution in [0.5, 0.6) is 0 Å². The minimum absolute atomic E-state index is 0.0907. The molecule has 31 heavy (non-hydrogen) atoms. The highest BCUT2D eigenvalue weighted by Crippen LogP contribution is 2.21. The molecule has 1 fully saturated rings. The lowest BCUT2D eigenvalue weighted by molar-refractivity contribution is -0.127. The fourth-order valence-electron chi connectivity index (χ4n) is 4.12. The molecule has 1 saturated heterocycles. The van der Waals surface area contributed by atoms with Crippen molar-refractivity contribution < 1.29 is 4.79 Å². The molecule has 0 atom stereocenters. The molecule has 162 valence electrons. The van der Waals surface area contributed by atoms with Crippen LogP contribution in [0.25, 0.3) is 11.7 Å². The standard InChI is InChI=1S/C25H31N5O/c1-5-23-22(25-26-18(2)16-19(3)30(25)27-23)17-21-8-6-20(7-9-21)10-11-24(31)29-14-12-28(4)13-15-29/h6-11,16H,5,12-15,17H2,1-4H3/b11-10+. The maximum atomic E-state index is 12.4. The topological polar surface area (TPSA) is 53.7 Å². The van der Waals surface area contributed by atoms with Gasteiger partial charge in [0.2, 0.25) is 5.91 Å². The van der Waals surface area contributed by atoms with Crippen LogP contribution in [0.15, 0.2) is 36.4 Å². The number of likely N-dealkylation sites (N-methyl/N-ethyl adjacent to an activating group) is 1. The van der Waals surface area contributed by atoms with Crippen LogP contribution in [0, 0.1) is 13.8 Å². The first-order valence-electron chi connectivity index (χ1n) is 11.0. The third-order valence-corrected chi connectivity index (χ3v) is 6.00. The third-order valence-electron chi connectivity index (χ3n) is 6.00. The molecule has 1 amide bonds. The minimum Gasteiger partial charge on any atom is -0.337 e. The number of carbonyl (C=O) groups is 1. The first kappa shape index (κ1) is 21.2. The van der Waals surface area contributed by atoms with Gasteiger partial charge >= 0.3 is 0 Å². The summed E-state index contributed by atoms with van der Waals surface area (Å²) < 4.78 is 1.96. The predicted octanol–water partition coefficient (Wildman–Crippen LogP) is 3.29. The second-order valence-electron chi connectivity index (χ2n) is 8.43. The predicted molar refractivity (Wildman–Crippen MR) is 124 cm³/mol. The van der Waals surface area contributed by atoms with Gasteiger partial charge in [-0.2, -0.15) is 5.10 Å². The summed E-state index contributed by atoms with van der Waals surface area (Å²) in [5.41, 5.74) is 7.62. The fraction of sp³-hybridized carbons (Fsp3) is 0.400. The largest absolute Gasteiger partial charge is 0.337 e. The van der Waals surface area contributed by atoms with Gasteiger partial charge in [0.25, 0.3) is 0 Å². The van der Waals surface area contributed by atoms with Crippen molar-refractivity contribution in [1.29, 1.82) is 0 Å². The Hall–Kier alpha value is -2.99. The molecule has 1 aromatic carbocycles. The Labute approximate surface area is 184 Å². The molecule has 6 heteroatoms.